The summed E-state index contributed by atoms with van der Waals surface area (Å²) in [5.74, 6) is 0. The van der Waals surface area contributed by atoms with Crippen LogP contribution in [-0.4, -0.2) is 34.6 Å². The molecule has 0 saturated heterocycles. The second-order valence-electron chi connectivity index (χ2n) is 3.18. The van der Waals surface area contributed by atoms with Gasteiger partial charge in [-0.15, -0.1) is 0 Å². The van der Waals surface area contributed by atoms with Crippen molar-refractivity contribution in [2.24, 2.45) is 5.73 Å². The van der Waals surface area contributed by atoms with E-state index in [2.05, 4.69) is 28.4 Å². The molecule has 74 valence electrons. The van der Waals surface area contributed by atoms with Gasteiger partial charge >= 0.3 is 0 Å². The van der Waals surface area contributed by atoms with Gasteiger partial charge in [0.1, 0.15) is 0 Å². The number of nitrogens with zero attached hydrogens (tertiary/aromatic N) is 3. The number of nitrogens with two attached hydrogens (primary N) is 1. The lowest BCUT2D eigenvalue weighted by atomic mass is 10.4. The zero-order chi connectivity index (χ0) is 9.68. The van der Waals surface area contributed by atoms with Crippen molar-refractivity contribution in [2.45, 2.75) is 20.0 Å². The Kier molecular flexibility index (Phi) is 3.92. The van der Waals surface area contributed by atoms with E-state index in [4.69, 9.17) is 5.73 Å². The highest BCUT2D eigenvalue weighted by atomic mass is 15.1. The largest absolute Gasteiger partial charge is 0.332 e. The van der Waals surface area contributed by atoms with Crippen molar-refractivity contribution in [1.29, 1.82) is 0 Å². The van der Waals surface area contributed by atoms with Crippen molar-refractivity contribution >= 4 is 0 Å². The lowest BCUT2D eigenvalue weighted by Crippen LogP contribution is -2.23. The van der Waals surface area contributed by atoms with Crippen LogP contribution in [0.25, 0.3) is 0 Å². The maximum Gasteiger partial charge on any atom is 0.0949 e. The first-order valence-electron chi connectivity index (χ1n) is 4.65. The second-order valence-corrected chi connectivity index (χ2v) is 3.18. The van der Waals surface area contributed by atoms with Gasteiger partial charge in [0.15, 0.2) is 0 Å². The fourth-order valence-corrected chi connectivity index (χ4v) is 1.16. The number of imidazole rings is 1. The van der Waals surface area contributed by atoms with Crippen LogP contribution >= 0.6 is 0 Å². The van der Waals surface area contributed by atoms with E-state index in [0.717, 1.165) is 25.3 Å². The molecule has 0 aliphatic rings. The van der Waals surface area contributed by atoms with Gasteiger partial charge in [-0.05, 0) is 13.6 Å². The molecule has 1 aromatic heterocycles. The van der Waals surface area contributed by atoms with E-state index >= 15 is 0 Å². The van der Waals surface area contributed by atoms with E-state index in [1.165, 1.54) is 0 Å². The van der Waals surface area contributed by atoms with Crippen molar-refractivity contribution < 1.29 is 0 Å². The summed E-state index contributed by atoms with van der Waals surface area (Å²) in [7, 11) is 2.11. The van der Waals surface area contributed by atoms with Crippen molar-refractivity contribution in [3.05, 3.63) is 18.2 Å². The number of hydrogen-bond acceptors (Lipinski definition) is 3. The number of likely N-dealkylation sites (N-methyl/N-ethyl adjacent to an activating group) is 1. The molecule has 0 atom stereocenters. The van der Waals surface area contributed by atoms with Gasteiger partial charge in [0.25, 0.3) is 0 Å². The first-order valence-corrected chi connectivity index (χ1v) is 4.65. The highest BCUT2D eigenvalue weighted by molar-refractivity contribution is 4.97. The zero-order valence-electron chi connectivity index (χ0n) is 8.40. The fourth-order valence-electron chi connectivity index (χ4n) is 1.16. The second kappa shape index (κ2) is 4.99. The summed E-state index contributed by atoms with van der Waals surface area (Å²) in [6, 6.07) is 0. The van der Waals surface area contributed by atoms with Gasteiger partial charge < -0.3 is 15.2 Å². The molecule has 0 amide bonds. The van der Waals surface area contributed by atoms with E-state index in [0.29, 0.717) is 6.54 Å². The number of rotatable bonds is 5. The van der Waals surface area contributed by atoms with E-state index in [9.17, 15) is 0 Å². The molecule has 1 aromatic rings. The van der Waals surface area contributed by atoms with Crippen molar-refractivity contribution in [3.63, 3.8) is 0 Å². The molecule has 4 heteroatoms. The van der Waals surface area contributed by atoms with Crippen LogP contribution in [0.15, 0.2) is 12.5 Å². The Labute approximate surface area is 79.4 Å². The summed E-state index contributed by atoms with van der Waals surface area (Å²) < 4.78 is 2.10. The maximum absolute atomic E-state index is 5.56. The van der Waals surface area contributed by atoms with Crippen LogP contribution in [0.3, 0.4) is 0 Å². The Morgan fingerprint density at radius 1 is 1.62 bits per heavy atom. The van der Waals surface area contributed by atoms with Crippen LogP contribution in [0.5, 0.6) is 0 Å². The smallest absolute Gasteiger partial charge is 0.0949 e. The Morgan fingerprint density at radius 2 is 2.38 bits per heavy atom. The van der Waals surface area contributed by atoms with E-state index in [1.54, 1.807) is 0 Å². The fraction of sp³-hybridized carbons (Fsp3) is 0.667. The lowest BCUT2D eigenvalue weighted by molar-refractivity contribution is 0.333. The van der Waals surface area contributed by atoms with Crippen LogP contribution in [0.2, 0.25) is 0 Å². The van der Waals surface area contributed by atoms with Gasteiger partial charge in [0, 0.05) is 25.8 Å². The molecule has 1 rings (SSSR count). The summed E-state index contributed by atoms with van der Waals surface area (Å²) in [6.45, 7) is 5.80. The first kappa shape index (κ1) is 10.2. The summed E-state index contributed by atoms with van der Waals surface area (Å²) in [6.07, 6.45) is 3.66. The molecule has 0 spiro atoms. The normalized spacial score (nSPS) is 11.1. The lowest BCUT2D eigenvalue weighted by Gasteiger charge is -2.14. The molecule has 0 fully saturated rings. The average molecular weight is 182 g/mol. The molecule has 0 saturated carbocycles. The summed E-state index contributed by atoms with van der Waals surface area (Å²) in [4.78, 5) is 6.33. The minimum atomic E-state index is 0.565. The van der Waals surface area contributed by atoms with Crippen LogP contribution in [0.1, 0.15) is 12.6 Å². The van der Waals surface area contributed by atoms with E-state index in [-0.39, 0.29) is 0 Å². The zero-order valence-corrected chi connectivity index (χ0v) is 8.40. The molecule has 1 heterocycles. The molecule has 0 aliphatic heterocycles. The number of aromatic nitrogens is 2. The molecular weight excluding hydrogens is 164 g/mol. The predicted octanol–water partition coefficient (Wildman–Crippen LogP) is 0.293. The molecule has 0 unspecified atom stereocenters. The van der Waals surface area contributed by atoms with Gasteiger partial charge in [0.05, 0.1) is 12.0 Å². The predicted molar refractivity (Wildman–Crippen MR) is 53.3 cm³/mol. The van der Waals surface area contributed by atoms with Gasteiger partial charge in [-0.25, -0.2) is 4.98 Å². The van der Waals surface area contributed by atoms with Gasteiger partial charge in [-0.3, -0.25) is 0 Å². The third-order valence-corrected chi connectivity index (χ3v) is 2.27. The topological polar surface area (TPSA) is 47.1 Å². The maximum atomic E-state index is 5.56. The molecule has 0 aliphatic carbocycles. The SMILES string of the molecule is CCN(C)CCn1cncc1CN. The van der Waals surface area contributed by atoms with Crippen molar-refractivity contribution in [3.8, 4) is 0 Å². The minimum absolute atomic E-state index is 0.565. The standard InChI is InChI=1S/C9H18N4/c1-3-12(2)4-5-13-8-11-7-9(13)6-10/h7-8H,3-6,10H2,1-2H3. The minimum Gasteiger partial charge on any atom is -0.332 e. The van der Waals surface area contributed by atoms with Crippen LogP contribution < -0.4 is 5.73 Å². The Morgan fingerprint density at radius 3 is 3.00 bits per heavy atom. The van der Waals surface area contributed by atoms with E-state index < -0.39 is 0 Å². The Balaban J connectivity index is 2.44. The molecule has 13 heavy (non-hydrogen) atoms. The van der Waals surface area contributed by atoms with Crippen molar-refractivity contribution in [1.82, 2.24) is 14.5 Å². The average Bonchev–Trinajstić information content (AvgIpc) is 2.61. The summed E-state index contributed by atoms with van der Waals surface area (Å²) in [5, 5.41) is 0. The third kappa shape index (κ3) is 2.82. The van der Waals surface area contributed by atoms with Gasteiger partial charge in [-0.2, -0.15) is 0 Å². The van der Waals surface area contributed by atoms with Crippen LogP contribution in [0, 0.1) is 0 Å². The van der Waals surface area contributed by atoms with Gasteiger partial charge in [-0.1, -0.05) is 6.92 Å². The Bertz CT molecular complexity index is 244. The van der Waals surface area contributed by atoms with Crippen LogP contribution in [-0.2, 0) is 13.1 Å². The Hall–Kier alpha value is -0.870. The van der Waals surface area contributed by atoms with Crippen LogP contribution in [0.4, 0.5) is 0 Å². The van der Waals surface area contributed by atoms with Crippen molar-refractivity contribution in [2.75, 3.05) is 20.1 Å². The highest BCUT2D eigenvalue weighted by Crippen LogP contribution is 1.97. The quantitative estimate of drug-likeness (QED) is 0.712. The third-order valence-electron chi connectivity index (χ3n) is 2.27. The molecule has 0 bridgehead atoms. The molecule has 0 aromatic carbocycles. The molecular formula is C9H18N4. The first-order chi connectivity index (χ1) is 6.27. The molecule has 2 N–H and O–H groups in total. The van der Waals surface area contributed by atoms with E-state index in [1.807, 2.05) is 12.5 Å². The summed E-state index contributed by atoms with van der Waals surface area (Å²) >= 11 is 0. The highest BCUT2D eigenvalue weighted by Gasteiger charge is 2.00. The van der Waals surface area contributed by atoms with Gasteiger partial charge in [0.2, 0.25) is 0 Å². The molecule has 0 radical (unpaired) electrons. The summed E-state index contributed by atoms with van der Waals surface area (Å²) in [5.41, 5.74) is 6.66. The number of hydrogen-bond donors (Lipinski definition) is 1. The monoisotopic (exact) mass is 182 g/mol. The molecule has 4 nitrogen and oxygen atoms in total.